The first-order valence-electron chi connectivity index (χ1n) is 6.89. The van der Waals surface area contributed by atoms with Crippen LogP contribution in [0.15, 0.2) is 54.6 Å². The summed E-state index contributed by atoms with van der Waals surface area (Å²) in [5.41, 5.74) is 1.30. The molecule has 1 N–H and O–H groups in total. The van der Waals surface area contributed by atoms with Crippen LogP contribution in [0.4, 0.5) is 0 Å². The second-order valence-electron chi connectivity index (χ2n) is 4.68. The first-order chi connectivity index (χ1) is 11.1. The normalized spacial score (nSPS) is 10.5. The number of hydrogen-bond donors (Lipinski definition) is 1. The fraction of sp³-hybridized carbons (Fsp3) is 0.111. The van der Waals surface area contributed by atoms with Crippen molar-refractivity contribution >= 4 is 17.8 Å². The monoisotopic (exact) mass is 312 g/mol. The highest BCUT2D eigenvalue weighted by molar-refractivity contribution is 6.07. The molecule has 0 unspecified atom stereocenters. The van der Waals surface area contributed by atoms with Gasteiger partial charge in [0.1, 0.15) is 11.5 Å². The molecule has 0 aromatic heterocycles. The first kappa shape index (κ1) is 16.3. The van der Waals surface area contributed by atoms with Crippen molar-refractivity contribution in [2.75, 3.05) is 13.7 Å². The number of carboxylic acid groups (broad SMARTS) is 1. The standard InChI is InChI=1S/C18H16O5/c1-22-15-8-5-13(6-9-15)7-10-17(19)14-3-2-4-16(11-14)23-12-18(20)21/h2-11H,12H2,1H3,(H,20,21)/b10-7+. The number of ether oxygens (including phenoxy) is 2. The van der Waals surface area contributed by atoms with Crippen molar-refractivity contribution < 1.29 is 24.2 Å². The molecule has 0 saturated carbocycles. The smallest absolute Gasteiger partial charge is 0.341 e. The van der Waals surface area contributed by atoms with E-state index in [2.05, 4.69) is 0 Å². The quantitative estimate of drug-likeness (QED) is 0.628. The minimum Gasteiger partial charge on any atom is -0.497 e. The van der Waals surface area contributed by atoms with Gasteiger partial charge in [-0.2, -0.15) is 0 Å². The molecule has 118 valence electrons. The van der Waals surface area contributed by atoms with Crippen molar-refractivity contribution in [1.29, 1.82) is 0 Å². The lowest BCUT2D eigenvalue weighted by Gasteiger charge is -2.04. The van der Waals surface area contributed by atoms with Crippen LogP contribution in [-0.4, -0.2) is 30.6 Å². The summed E-state index contributed by atoms with van der Waals surface area (Å²) in [5, 5.41) is 8.59. The molecule has 0 bridgehead atoms. The van der Waals surface area contributed by atoms with Crippen LogP contribution in [0.1, 0.15) is 15.9 Å². The summed E-state index contributed by atoms with van der Waals surface area (Å²) in [6.45, 7) is -0.445. The SMILES string of the molecule is COc1ccc(/C=C/C(=O)c2cccc(OCC(=O)O)c2)cc1. The van der Waals surface area contributed by atoms with E-state index in [0.29, 0.717) is 11.3 Å². The number of methoxy groups -OCH3 is 1. The van der Waals surface area contributed by atoms with E-state index in [4.69, 9.17) is 14.6 Å². The van der Waals surface area contributed by atoms with Crippen LogP contribution in [0.25, 0.3) is 6.08 Å². The van der Waals surface area contributed by atoms with Crippen molar-refractivity contribution in [2.45, 2.75) is 0 Å². The van der Waals surface area contributed by atoms with E-state index in [0.717, 1.165) is 11.3 Å². The summed E-state index contributed by atoms with van der Waals surface area (Å²) in [7, 11) is 1.59. The topological polar surface area (TPSA) is 72.8 Å². The molecule has 0 radical (unpaired) electrons. The summed E-state index contributed by atoms with van der Waals surface area (Å²) in [4.78, 5) is 22.6. The Morgan fingerprint density at radius 2 is 1.83 bits per heavy atom. The van der Waals surface area contributed by atoms with Gasteiger partial charge in [-0.15, -0.1) is 0 Å². The molecule has 23 heavy (non-hydrogen) atoms. The second kappa shape index (κ2) is 7.79. The van der Waals surface area contributed by atoms with E-state index in [9.17, 15) is 9.59 Å². The average molecular weight is 312 g/mol. The Hall–Kier alpha value is -3.08. The van der Waals surface area contributed by atoms with Gasteiger partial charge in [-0.1, -0.05) is 30.3 Å². The molecule has 2 aromatic rings. The van der Waals surface area contributed by atoms with Gasteiger partial charge in [0.25, 0.3) is 0 Å². The van der Waals surface area contributed by atoms with Gasteiger partial charge in [-0.3, -0.25) is 4.79 Å². The Labute approximate surface area is 133 Å². The Bertz CT molecular complexity index is 716. The maximum Gasteiger partial charge on any atom is 0.341 e. The number of rotatable bonds is 7. The number of carbonyl (C=O) groups excluding carboxylic acids is 1. The van der Waals surface area contributed by atoms with E-state index in [1.165, 1.54) is 12.1 Å². The van der Waals surface area contributed by atoms with Gasteiger partial charge >= 0.3 is 5.97 Å². The molecule has 0 fully saturated rings. The molecule has 5 nitrogen and oxygen atoms in total. The number of carboxylic acids is 1. The molecule has 0 aliphatic heterocycles. The van der Waals surface area contributed by atoms with E-state index >= 15 is 0 Å². The van der Waals surface area contributed by atoms with Gasteiger partial charge in [0.15, 0.2) is 12.4 Å². The van der Waals surface area contributed by atoms with Crippen LogP contribution in [0.3, 0.4) is 0 Å². The Morgan fingerprint density at radius 3 is 2.48 bits per heavy atom. The largest absolute Gasteiger partial charge is 0.497 e. The highest BCUT2D eigenvalue weighted by atomic mass is 16.5. The summed E-state index contributed by atoms with van der Waals surface area (Å²) < 4.78 is 10.1. The third kappa shape index (κ3) is 5.00. The molecule has 0 atom stereocenters. The molecule has 0 aliphatic carbocycles. The average Bonchev–Trinajstić information content (AvgIpc) is 2.58. The zero-order valence-corrected chi connectivity index (χ0v) is 12.6. The lowest BCUT2D eigenvalue weighted by atomic mass is 10.1. The van der Waals surface area contributed by atoms with Gasteiger partial charge in [-0.05, 0) is 35.9 Å². The third-order valence-corrected chi connectivity index (χ3v) is 3.02. The van der Waals surface area contributed by atoms with Crippen LogP contribution in [0, 0.1) is 0 Å². The molecule has 2 aromatic carbocycles. The van der Waals surface area contributed by atoms with Crippen LogP contribution >= 0.6 is 0 Å². The first-order valence-corrected chi connectivity index (χ1v) is 6.89. The molecule has 5 heteroatoms. The number of hydrogen-bond acceptors (Lipinski definition) is 4. The van der Waals surface area contributed by atoms with Gasteiger partial charge in [0, 0.05) is 5.56 Å². The maximum absolute atomic E-state index is 12.1. The van der Waals surface area contributed by atoms with Gasteiger partial charge in [0.2, 0.25) is 0 Å². The minimum absolute atomic E-state index is 0.193. The van der Waals surface area contributed by atoms with Crippen molar-refractivity contribution in [3.8, 4) is 11.5 Å². The maximum atomic E-state index is 12.1. The fourth-order valence-electron chi connectivity index (χ4n) is 1.87. The Kier molecular flexibility index (Phi) is 5.52. The predicted molar refractivity (Wildman–Crippen MR) is 85.9 cm³/mol. The lowest BCUT2D eigenvalue weighted by molar-refractivity contribution is -0.139. The van der Waals surface area contributed by atoms with Gasteiger partial charge in [0.05, 0.1) is 7.11 Å². The van der Waals surface area contributed by atoms with E-state index in [1.807, 2.05) is 24.3 Å². The molecule has 2 rings (SSSR count). The number of carbonyl (C=O) groups is 2. The molecule has 0 saturated heterocycles. The number of benzene rings is 2. The molecule has 0 heterocycles. The zero-order chi connectivity index (χ0) is 16.7. The number of allylic oxidation sites excluding steroid dienone is 1. The van der Waals surface area contributed by atoms with Crippen LogP contribution in [0.5, 0.6) is 11.5 Å². The van der Waals surface area contributed by atoms with E-state index in [-0.39, 0.29) is 5.78 Å². The lowest BCUT2D eigenvalue weighted by Crippen LogP contribution is -2.09. The fourth-order valence-corrected chi connectivity index (χ4v) is 1.87. The molecule has 0 spiro atoms. The van der Waals surface area contributed by atoms with Crippen molar-refractivity contribution in [3.63, 3.8) is 0 Å². The van der Waals surface area contributed by atoms with Gasteiger partial charge in [-0.25, -0.2) is 4.79 Å². The highest BCUT2D eigenvalue weighted by Gasteiger charge is 2.05. The van der Waals surface area contributed by atoms with Crippen LogP contribution < -0.4 is 9.47 Å². The Balaban J connectivity index is 2.05. The summed E-state index contributed by atoms with van der Waals surface area (Å²) in [6, 6.07) is 13.7. The minimum atomic E-state index is -1.07. The summed E-state index contributed by atoms with van der Waals surface area (Å²) in [5.74, 6) is -0.171. The Morgan fingerprint density at radius 1 is 1.09 bits per heavy atom. The van der Waals surface area contributed by atoms with Crippen LogP contribution in [-0.2, 0) is 4.79 Å². The third-order valence-electron chi connectivity index (χ3n) is 3.02. The van der Waals surface area contributed by atoms with Gasteiger partial charge < -0.3 is 14.6 Å². The molecular weight excluding hydrogens is 296 g/mol. The van der Waals surface area contributed by atoms with E-state index in [1.54, 1.807) is 31.4 Å². The number of aliphatic carboxylic acids is 1. The second-order valence-corrected chi connectivity index (χ2v) is 4.68. The van der Waals surface area contributed by atoms with Crippen molar-refractivity contribution in [3.05, 3.63) is 65.7 Å². The summed E-state index contributed by atoms with van der Waals surface area (Å²) in [6.07, 6.45) is 3.16. The zero-order valence-electron chi connectivity index (χ0n) is 12.6. The molecular formula is C18H16O5. The molecule has 0 aliphatic rings. The molecule has 0 amide bonds. The highest BCUT2D eigenvalue weighted by Crippen LogP contribution is 2.16. The predicted octanol–water partition coefficient (Wildman–Crippen LogP) is 3.05. The van der Waals surface area contributed by atoms with E-state index < -0.39 is 12.6 Å². The number of ketones is 1. The van der Waals surface area contributed by atoms with Crippen molar-refractivity contribution in [2.24, 2.45) is 0 Å². The van der Waals surface area contributed by atoms with Crippen LogP contribution in [0.2, 0.25) is 0 Å². The van der Waals surface area contributed by atoms with Crippen molar-refractivity contribution in [1.82, 2.24) is 0 Å². The summed E-state index contributed by atoms with van der Waals surface area (Å²) >= 11 is 0.